The molecular weight excluding hydrogens is 352 g/mol. The van der Waals surface area contributed by atoms with Gasteiger partial charge in [0.15, 0.2) is 0 Å². The molecule has 0 saturated heterocycles. The number of rotatable bonds is 7. The van der Waals surface area contributed by atoms with Gasteiger partial charge in [0.1, 0.15) is 0 Å². The quantitative estimate of drug-likeness (QED) is 0.681. The highest BCUT2D eigenvalue weighted by molar-refractivity contribution is 5.91. The van der Waals surface area contributed by atoms with Crippen molar-refractivity contribution in [3.05, 3.63) is 65.5 Å². The number of benzene rings is 2. The van der Waals surface area contributed by atoms with Gasteiger partial charge in [-0.3, -0.25) is 9.69 Å². The Balaban J connectivity index is 1.26. The van der Waals surface area contributed by atoms with E-state index in [9.17, 15) is 4.79 Å². The molecule has 0 spiro atoms. The number of hydrogen-bond acceptors (Lipinski definition) is 5. The summed E-state index contributed by atoms with van der Waals surface area (Å²) in [5, 5.41) is 11.2. The first-order chi connectivity index (χ1) is 13.7. The molecule has 3 aromatic rings. The van der Waals surface area contributed by atoms with Crippen LogP contribution in [0.15, 0.2) is 52.9 Å². The third-order valence-electron chi connectivity index (χ3n) is 5.00. The normalized spacial score (nSPS) is 12.9. The summed E-state index contributed by atoms with van der Waals surface area (Å²) in [7, 11) is 1.94. The van der Waals surface area contributed by atoms with Crippen molar-refractivity contribution in [3.63, 3.8) is 0 Å². The maximum absolute atomic E-state index is 12.3. The molecule has 1 heterocycles. The molecule has 0 aliphatic heterocycles. The summed E-state index contributed by atoms with van der Waals surface area (Å²) in [6.45, 7) is 1.12. The maximum atomic E-state index is 12.3. The van der Waals surface area contributed by atoms with Gasteiger partial charge in [0.2, 0.25) is 17.7 Å². The molecule has 4 rings (SSSR count). The lowest BCUT2D eigenvalue weighted by atomic mass is 10.1. The first kappa shape index (κ1) is 18.4. The molecule has 2 aromatic carbocycles. The number of aryl methyl sites for hydroxylation is 2. The summed E-state index contributed by atoms with van der Waals surface area (Å²) in [5.74, 6) is 1.07. The van der Waals surface area contributed by atoms with E-state index in [0.717, 1.165) is 24.1 Å². The molecule has 1 aliphatic rings. The largest absolute Gasteiger partial charge is 0.419 e. The van der Waals surface area contributed by atoms with E-state index in [2.05, 4.69) is 27.6 Å². The number of hydrogen-bond donors (Lipinski definition) is 1. The third-order valence-corrected chi connectivity index (χ3v) is 5.00. The van der Waals surface area contributed by atoms with Crippen LogP contribution in [-0.2, 0) is 24.2 Å². The number of anilines is 1. The van der Waals surface area contributed by atoms with E-state index in [1.165, 1.54) is 17.5 Å². The smallest absolute Gasteiger partial charge is 0.247 e. The predicted octanol–water partition coefficient (Wildman–Crippen LogP) is 3.69. The Hall–Kier alpha value is -2.99. The van der Waals surface area contributed by atoms with Crippen LogP contribution >= 0.6 is 0 Å². The fourth-order valence-corrected chi connectivity index (χ4v) is 3.49. The van der Waals surface area contributed by atoms with Crippen molar-refractivity contribution in [3.8, 4) is 11.5 Å². The summed E-state index contributed by atoms with van der Waals surface area (Å²) < 4.78 is 5.72. The van der Waals surface area contributed by atoms with Crippen molar-refractivity contribution >= 4 is 11.6 Å². The van der Waals surface area contributed by atoms with Crippen LogP contribution in [0.25, 0.3) is 11.5 Å². The molecule has 0 unspecified atom stereocenters. The molecule has 6 nitrogen and oxygen atoms in total. The lowest BCUT2D eigenvalue weighted by Crippen LogP contribution is -2.24. The molecular formula is C22H24N4O2. The van der Waals surface area contributed by atoms with Crippen LogP contribution in [0, 0.1) is 0 Å². The zero-order chi connectivity index (χ0) is 19.3. The number of amides is 1. The maximum Gasteiger partial charge on any atom is 0.247 e. The lowest BCUT2D eigenvalue weighted by Gasteiger charge is -2.14. The Morgan fingerprint density at radius 3 is 2.79 bits per heavy atom. The third kappa shape index (κ3) is 4.46. The van der Waals surface area contributed by atoms with Gasteiger partial charge in [-0.2, -0.15) is 0 Å². The highest BCUT2D eigenvalue weighted by atomic mass is 16.4. The Bertz CT molecular complexity index is 952. The van der Waals surface area contributed by atoms with Crippen LogP contribution in [0.3, 0.4) is 0 Å². The minimum Gasteiger partial charge on any atom is -0.419 e. The fourth-order valence-electron chi connectivity index (χ4n) is 3.49. The van der Waals surface area contributed by atoms with E-state index in [-0.39, 0.29) is 5.91 Å². The van der Waals surface area contributed by atoms with Crippen molar-refractivity contribution in [2.24, 2.45) is 0 Å². The number of carbonyl (C=O) groups is 1. The lowest BCUT2D eigenvalue weighted by molar-refractivity contribution is -0.116. The van der Waals surface area contributed by atoms with Crippen molar-refractivity contribution < 1.29 is 9.21 Å². The van der Waals surface area contributed by atoms with Gasteiger partial charge in [-0.25, -0.2) is 0 Å². The van der Waals surface area contributed by atoms with E-state index in [1.807, 2.05) is 48.3 Å². The summed E-state index contributed by atoms with van der Waals surface area (Å²) in [6.07, 6.45) is 3.87. The number of nitrogens with one attached hydrogen (secondary N) is 1. The minimum absolute atomic E-state index is 0.0142. The highest BCUT2D eigenvalue weighted by Crippen LogP contribution is 2.25. The Labute approximate surface area is 164 Å². The van der Waals surface area contributed by atoms with E-state index < -0.39 is 0 Å². The molecule has 6 heteroatoms. The molecule has 28 heavy (non-hydrogen) atoms. The molecule has 0 radical (unpaired) electrons. The average Bonchev–Trinajstić information content (AvgIpc) is 3.36. The zero-order valence-electron chi connectivity index (χ0n) is 16.0. The molecule has 1 amide bonds. The molecule has 0 bridgehead atoms. The molecule has 1 N–H and O–H groups in total. The second-order valence-corrected chi connectivity index (χ2v) is 7.24. The molecule has 1 aliphatic carbocycles. The predicted molar refractivity (Wildman–Crippen MR) is 108 cm³/mol. The van der Waals surface area contributed by atoms with E-state index in [1.54, 1.807) is 0 Å². The number of nitrogens with zero attached hydrogens (tertiary/aromatic N) is 3. The number of aromatic nitrogens is 2. The van der Waals surface area contributed by atoms with Crippen LogP contribution in [0.2, 0.25) is 0 Å². The van der Waals surface area contributed by atoms with Gasteiger partial charge in [0, 0.05) is 24.2 Å². The molecule has 0 atom stereocenters. The van der Waals surface area contributed by atoms with Crippen LogP contribution < -0.4 is 5.32 Å². The van der Waals surface area contributed by atoms with Crippen LogP contribution in [-0.4, -0.2) is 34.6 Å². The Morgan fingerprint density at radius 1 is 1.11 bits per heavy atom. The summed E-state index contributed by atoms with van der Waals surface area (Å²) in [5.41, 5.74) is 4.56. The summed E-state index contributed by atoms with van der Waals surface area (Å²) in [4.78, 5) is 14.3. The zero-order valence-corrected chi connectivity index (χ0v) is 16.0. The van der Waals surface area contributed by atoms with E-state index >= 15 is 0 Å². The Kier molecular flexibility index (Phi) is 5.48. The topological polar surface area (TPSA) is 71.3 Å². The van der Waals surface area contributed by atoms with Gasteiger partial charge in [0.25, 0.3) is 0 Å². The van der Waals surface area contributed by atoms with Crippen molar-refractivity contribution in [1.29, 1.82) is 0 Å². The molecule has 144 valence electrons. The van der Waals surface area contributed by atoms with Gasteiger partial charge in [-0.1, -0.05) is 24.3 Å². The van der Waals surface area contributed by atoms with Crippen LogP contribution in [0.5, 0.6) is 0 Å². The standard InChI is InChI=1S/C22H24N4O2/c1-26(15-21-24-25-22(28-21)17-6-3-2-4-7-17)13-12-20(27)23-19-11-10-16-8-5-9-18(16)14-19/h2-4,6-7,10-11,14H,5,8-9,12-13,15H2,1H3,(H,23,27). The van der Waals surface area contributed by atoms with Crippen LogP contribution in [0.1, 0.15) is 29.9 Å². The van der Waals surface area contributed by atoms with Crippen molar-refractivity contribution in [2.75, 3.05) is 18.9 Å². The summed E-state index contributed by atoms with van der Waals surface area (Å²) >= 11 is 0. The van der Waals surface area contributed by atoms with Gasteiger partial charge in [0.05, 0.1) is 6.54 Å². The van der Waals surface area contributed by atoms with E-state index in [4.69, 9.17) is 4.42 Å². The van der Waals surface area contributed by atoms with Gasteiger partial charge in [-0.05, 0) is 61.7 Å². The van der Waals surface area contributed by atoms with Gasteiger partial charge >= 0.3 is 0 Å². The summed E-state index contributed by atoms with van der Waals surface area (Å²) in [6, 6.07) is 15.9. The second kappa shape index (κ2) is 8.35. The monoisotopic (exact) mass is 376 g/mol. The van der Waals surface area contributed by atoms with Gasteiger partial charge < -0.3 is 9.73 Å². The first-order valence-electron chi connectivity index (χ1n) is 9.65. The number of carbonyl (C=O) groups excluding carboxylic acids is 1. The molecule has 1 aromatic heterocycles. The van der Waals surface area contributed by atoms with Crippen molar-refractivity contribution in [1.82, 2.24) is 15.1 Å². The second-order valence-electron chi connectivity index (χ2n) is 7.24. The molecule has 0 saturated carbocycles. The fraction of sp³-hybridized carbons (Fsp3) is 0.318. The molecule has 0 fully saturated rings. The SMILES string of the molecule is CN(CCC(=O)Nc1ccc2c(c1)CCC2)Cc1nnc(-c2ccccc2)o1. The van der Waals surface area contributed by atoms with Crippen molar-refractivity contribution in [2.45, 2.75) is 32.2 Å². The minimum atomic E-state index is 0.0142. The van der Waals surface area contributed by atoms with E-state index in [0.29, 0.717) is 31.3 Å². The average molecular weight is 376 g/mol. The highest BCUT2D eigenvalue weighted by Gasteiger charge is 2.13. The van der Waals surface area contributed by atoms with Crippen LogP contribution in [0.4, 0.5) is 5.69 Å². The first-order valence-corrected chi connectivity index (χ1v) is 9.65. The Morgan fingerprint density at radius 2 is 1.93 bits per heavy atom. The van der Waals surface area contributed by atoms with Gasteiger partial charge in [-0.15, -0.1) is 10.2 Å². The number of fused-ring (bicyclic) bond motifs is 1.